The molecule has 1 aliphatic carbocycles. The molecule has 0 bridgehead atoms. The van der Waals surface area contributed by atoms with Gasteiger partial charge in [0.25, 0.3) is 0 Å². The van der Waals surface area contributed by atoms with Crippen LogP contribution in [0, 0.1) is 4.78 Å². The number of hydrogen-bond donors (Lipinski definition) is 2. The lowest BCUT2D eigenvalue weighted by Crippen LogP contribution is -2.47. The molecular formula is C23H30N6O3S2. The molecule has 5 rings (SSSR count). The first-order chi connectivity index (χ1) is 16.0. The van der Waals surface area contributed by atoms with E-state index in [1.807, 2.05) is 24.5 Å². The number of anilines is 1. The molecule has 0 amide bonds. The van der Waals surface area contributed by atoms with Crippen molar-refractivity contribution in [3.63, 3.8) is 0 Å². The Kier molecular flexibility index (Phi) is 5.47. The molecule has 1 unspecified atom stereocenters. The molecule has 182 valence electrons. The third-order valence-corrected chi connectivity index (χ3v) is 13.1. The maximum Gasteiger partial charge on any atom is 0.165 e. The molecule has 1 fully saturated rings. The molecule has 1 saturated carbocycles. The summed E-state index contributed by atoms with van der Waals surface area (Å²) in [5, 5.41) is 1.07. The van der Waals surface area contributed by atoms with Gasteiger partial charge >= 0.3 is 0 Å². The number of sulfone groups is 1. The third-order valence-electron chi connectivity index (χ3n) is 7.68. The van der Waals surface area contributed by atoms with Crippen molar-refractivity contribution in [1.82, 2.24) is 19.9 Å². The van der Waals surface area contributed by atoms with Gasteiger partial charge in [-0.2, -0.15) is 0 Å². The molecule has 2 N–H and O–H groups in total. The van der Waals surface area contributed by atoms with E-state index in [0.29, 0.717) is 19.4 Å². The van der Waals surface area contributed by atoms with Gasteiger partial charge in [0, 0.05) is 66.5 Å². The monoisotopic (exact) mass is 502 g/mol. The van der Waals surface area contributed by atoms with E-state index in [4.69, 9.17) is 4.78 Å². The maximum atomic E-state index is 12.8. The van der Waals surface area contributed by atoms with Crippen LogP contribution in [0.15, 0.2) is 30.9 Å². The van der Waals surface area contributed by atoms with Crippen LogP contribution in [0.5, 0.6) is 0 Å². The molecule has 0 radical (unpaired) electrons. The minimum atomic E-state index is -3.65. The molecular weight excluding hydrogens is 472 g/mol. The molecule has 0 spiro atoms. The molecule has 3 aromatic heterocycles. The number of aromatic amines is 1. The predicted molar refractivity (Wildman–Crippen MR) is 133 cm³/mol. The summed E-state index contributed by atoms with van der Waals surface area (Å²) in [4.78, 5) is 19.2. The van der Waals surface area contributed by atoms with E-state index in [9.17, 15) is 12.6 Å². The van der Waals surface area contributed by atoms with Gasteiger partial charge in [-0.25, -0.2) is 27.6 Å². The van der Waals surface area contributed by atoms with Crippen molar-refractivity contribution in [1.29, 1.82) is 4.78 Å². The van der Waals surface area contributed by atoms with Crippen LogP contribution in [0.4, 0.5) is 5.69 Å². The fourth-order valence-corrected chi connectivity index (χ4v) is 10.1. The fraction of sp³-hybridized carbons (Fsp3) is 0.522. The van der Waals surface area contributed by atoms with Crippen LogP contribution in [0.2, 0.25) is 0 Å². The van der Waals surface area contributed by atoms with Crippen LogP contribution in [0.25, 0.3) is 11.0 Å². The Balaban J connectivity index is 1.48. The standard InChI is InChI=1S/C23H30N6O3S2/c1-15-12-19-18(13-29(15)20-7-11-26-22-17(20)6-10-25-22)21(28-14-27-19)16-4-8-23(9-5-16,33(2,24)30)34(3,31)32/h6-7,10-11,14-16,24H,4-5,8-9,12-13H2,1-3H3,(H,25,26)/t15-,16?,23?,33?/m1/s1. The first-order valence-electron chi connectivity index (χ1n) is 11.5. The van der Waals surface area contributed by atoms with Crippen LogP contribution >= 0.6 is 0 Å². The first kappa shape index (κ1) is 23.2. The third kappa shape index (κ3) is 3.60. The number of rotatable bonds is 4. The van der Waals surface area contributed by atoms with Gasteiger partial charge in [-0.1, -0.05) is 0 Å². The van der Waals surface area contributed by atoms with Crippen molar-refractivity contribution in [2.75, 3.05) is 17.4 Å². The van der Waals surface area contributed by atoms with Gasteiger partial charge in [-0.15, -0.1) is 0 Å². The van der Waals surface area contributed by atoms with Crippen molar-refractivity contribution in [2.45, 2.75) is 61.6 Å². The highest BCUT2D eigenvalue weighted by atomic mass is 32.3. The van der Waals surface area contributed by atoms with Crippen molar-refractivity contribution in [3.8, 4) is 0 Å². The molecule has 34 heavy (non-hydrogen) atoms. The molecule has 3 aromatic rings. The van der Waals surface area contributed by atoms with E-state index in [0.717, 1.165) is 46.3 Å². The normalized spacial score (nSPS) is 27.3. The zero-order valence-corrected chi connectivity index (χ0v) is 21.2. The summed E-state index contributed by atoms with van der Waals surface area (Å²) in [5.74, 6) is 0.0494. The molecule has 1 aliphatic heterocycles. The van der Waals surface area contributed by atoms with Gasteiger partial charge in [0.15, 0.2) is 13.9 Å². The minimum Gasteiger partial charge on any atom is -0.363 e. The molecule has 2 atom stereocenters. The van der Waals surface area contributed by atoms with Crippen LogP contribution in [0.1, 0.15) is 55.5 Å². The minimum absolute atomic E-state index is 0.0494. The highest BCUT2D eigenvalue weighted by Gasteiger charge is 2.50. The Labute approximate surface area is 200 Å². The van der Waals surface area contributed by atoms with Crippen molar-refractivity contribution in [2.24, 2.45) is 0 Å². The van der Waals surface area contributed by atoms with Crippen LogP contribution < -0.4 is 4.90 Å². The van der Waals surface area contributed by atoms with Gasteiger partial charge in [0.2, 0.25) is 0 Å². The van der Waals surface area contributed by atoms with Crippen molar-refractivity contribution in [3.05, 3.63) is 47.8 Å². The summed E-state index contributed by atoms with van der Waals surface area (Å²) >= 11 is 0. The fourth-order valence-electron chi connectivity index (χ4n) is 5.78. The Morgan fingerprint density at radius 1 is 1.12 bits per heavy atom. The van der Waals surface area contributed by atoms with Crippen LogP contribution in [0.3, 0.4) is 0 Å². The summed E-state index contributed by atoms with van der Waals surface area (Å²) in [6.45, 7) is 2.85. The Bertz CT molecular complexity index is 1420. The average Bonchev–Trinajstić information content (AvgIpc) is 3.26. The second kappa shape index (κ2) is 8.01. The lowest BCUT2D eigenvalue weighted by atomic mass is 9.82. The first-order valence-corrected chi connectivity index (χ1v) is 15.3. The molecule has 11 heteroatoms. The van der Waals surface area contributed by atoms with Crippen molar-refractivity contribution < 1.29 is 12.6 Å². The van der Waals surface area contributed by atoms with E-state index in [1.54, 1.807) is 6.33 Å². The molecule has 0 saturated heterocycles. The second-order valence-corrected chi connectivity index (χ2v) is 14.8. The summed E-state index contributed by atoms with van der Waals surface area (Å²) in [6, 6.07) is 4.32. The van der Waals surface area contributed by atoms with Gasteiger partial charge in [-0.05, 0) is 44.7 Å². The number of fused-ring (bicyclic) bond motifs is 2. The number of nitrogens with zero attached hydrogens (tertiary/aromatic N) is 4. The molecule has 2 aliphatic rings. The molecule has 4 heterocycles. The Morgan fingerprint density at radius 2 is 1.85 bits per heavy atom. The molecule has 9 nitrogen and oxygen atoms in total. The van der Waals surface area contributed by atoms with E-state index in [1.165, 1.54) is 6.26 Å². The zero-order chi connectivity index (χ0) is 24.3. The summed E-state index contributed by atoms with van der Waals surface area (Å²) in [7, 11) is -6.92. The highest BCUT2D eigenvalue weighted by Crippen LogP contribution is 2.46. The zero-order valence-electron chi connectivity index (χ0n) is 19.6. The lowest BCUT2D eigenvalue weighted by molar-refractivity contribution is 0.398. The average molecular weight is 503 g/mol. The van der Waals surface area contributed by atoms with Gasteiger partial charge in [-0.3, -0.25) is 4.78 Å². The van der Waals surface area contributed by atoms with E-state index < -0.39 is 23.6 Å². The summed E-state index contributed by atoms with van der Waals surface area (Å²) in [6.07, 6.45) is 9.98. The number of H-pyrrole nitrogens is 1. The van der Waals surface area contributed by atoms with Crippen LogP contribution in [-0.4, -0.2) is 55.2 Å². The number of pyridine rings is 1. The van der Waals surface area contributed by atoms with E-state index in [-0.39, 0.29) is 24.8 Å². The van der Waals surface area contributed by atoms with E-state index in [2.05, 4.69) is 31.8 Å². The molecule has 0 aromatic carbocycles. The topological polar surface area (TPSA) is 133 Å². The quantitative estimate of drug-likeness (QED) is 0.559. The van der Waals surface area contributed by atoms with Gasteiger partial charge in [0.05, 0.1) is 21.1 Å². The number of hydrogen-bond acceptors (Lipinski definition) is 8. The second-order valence-electron chi connectivity index (χ2n) is 9.74. The number of aromatic nitrogens is 4. The summed E-state index contributed by atoms with van der Waals surface area (Å²) < 4.78 is 44.7. The van der Waals surface area contributed by atoms with Crippen molar-refractivity contribution >= 4 is 36.3 Å². The van der Waals surface area contributed by atoms with Gasteiger partial charge < -0.3 is 9.88 Å². The lowest BCUT2D eigenvalue weighted by Gasteiger charge is -2.40. The Hall–Kier alpha value is -2.53. The summed E-state index contributed by atoms with van der Waals surface area (Å²) in [5.41, 5.74) is 5.05. The van der Waals surface area contributed by atoms with Gasteiger partial charge in [0.1, 0.15) is 12.0 Å². The smallest absolute Gasteiger partial charge is 0.165 e. The maximum absolute atomic E-state index is 12.8. The Morgan fingerprint density at radius 3 is 2.53 bits per heavy atom. The predicted octanol–water partition coefficient (Wildman–Crippen LogP) is 3.38. The highest BCUT2D eigenvalue weighted by molar-refractivity contribution is 8.10. The largest absolute Gasteiger partial charge is 0.363 e. The van der Waals surface area contributed by atoms with E-state index >= 15 is 0 Å². The van der Waals surface area contributed by atoms with Crippen LogP contribution in [-0.2, 0) is 32.5 Å². The SMILES string of the molecule is C[C@@H]1Cc2ncnc(C3CCC(S(C)(=N)=O)(S(C)(=O)=O)CC3)c2CN1c1ccnc2[nH]ccc12. The number of nitrogens with one attached hydrogen (secondary N) is 2.